The Balaban J connectivity index is 2.09. The highest BCUT2D eigenvalue weighted by atomic mass is 32.2. The summed E-state index contributed by atoms with van der Waals surface area (Å²) < 4.78 is 30.4. The first kappa shape index (κ1) is 13.1. The lowest BCUT2D eigenvalue weighted by atomic mass is 10.2. The molecule has 0 spiro atoms. The number of hydrogen-bond donors (Lipinski definition) is 0. The van der Waals surface area contributed by atoms with E-state index in [-0.39, 0.29) is 5.75 Å². The van der Waals surface area contributed by atoms with E-state index in [4.69, 9.17) is 0 Å². The number of methoxy groups -OCH3 is 1. The van der Waals surface area contributed by atoms with E-state index in [2.05, 4.69) is 9.72 Å². The summed E-state index contributed by atoms with van der Waals surface area (Å²) in [6.45, 7) is 0. The summed E-state index contributed by atoms with van der Waals surface area (Å²) in [5, 5.41) is -0.547. The van der Waals surface area contributed by atoms with Gasteiger partial charge in [0.1, 0.15) is 11.1 Å². The molecular formula is C13H14N2O4S. The lowest BCUT2D eigenvalue weighted by Crippen LogP contribution is -2.11. The standard InChI is InChI=1S/C13H14N2O4S/c1-19-13(16)9-4-5-15-10(7-9)8-14-12(15)11-3-2-6-20(11,17)18/h4-5,7-8,11H,2-3,6H2,1H3. The first-order valence-corrected chi connectivity index (χ1v) is 8.01. The minimum Gasteiger partial charge on any atom is -0.465 e. The second-order valence-electron chi connectivity index (χ2n) is 4.82. The normalized spacial score (nSPS) is 21.1. The predicted molar refractivity (Wildman–Crippen MR) is 72.3 cm³/mol. The molecule has 0 aliphatic carbocycles. The monoisotopic (exact) mass is 294 g/mol. The fraction of sp³-hybridized carbons (Fsp3) is 0.385. The number of pyridine rings is 1. The van der Waals surface area contributed by atoms with Crippen LogP contribution in [0.25, 0.3) is 5.52 Å². The van der Waals surface area contributed by atoms with Crippen molar-refractivity contribution in [2.45, 2.75) is 18.1 Å². The summed E-state index contributed by atoms with van der Waals surface area (Å²) in [6.07, 6.45) is 4.51. The van der Waals surface area contributed by atoms with E-state index in [0.717, 1.165) is 0 Å². The van der Waals surface area contributed by atoms with E-state index in [1.165, 1.54) is 7.11 Å². The average molecular weight is 294 g/mol. The van der Waals surface area contributed by atoms with Crippen molar-refractivity contribution in [1.82, 2.24) is 9.38 Å². The van der Waals surface area contributed by atoms with E-state index in [9.17, 15) is 13.2 Å². The molecule has 0 amide bonds. The maximum Gasteiger partial charge on any atom is 0.337 e. The molecule has 0 N–H and O–H groups in total. The Bertz CT molecular complexity index is 779. The molecular weight excluding hydrogens is 280 g/mol. The van der Waals surface area contributed by atoms with Crippen LogP contribution in [0.2, 0.25) is 0 Å². The molecule has 3 rings (SSSR count). The van der Waals surface area contributed by atoms with Crippen molar-refractivity contribution in [3.05, 3.63) is 35.9 Å². The minimum atomic E-state index is -3.11. The number of esters is 1. The third-order valence-electron chi connectivity index (χ3n) is 3.60. The first-order valence-electron chi connectivity index (χ1n) is 6.30. The Morgan fingerprint density at radius 2 is 2.30 bits per heavy atom. The van der Waals surface area contributed by atoms with Crippen LogP contribution in [0.4, 0.5) is 0 Å². The molecule has 0 saturated carbocycles. The van der Waals surface area contributed by atoms with Crippen LogP contribution in [0.3, 0.4) is 0 Å². The number of hydrogen-bond acceptors (Lipinski definition) is 5. The van der Waals surface area contributed by atoms with Gasteiger partial charge in [0.05, 0.1) is 30.1 Å². The van der Waals surface area contributed by atoms with Gasteiger partial charge in [-0.15, -0.1) is 0 Å². The van der Waals surface area contributed by atoms with Crippen LogP contribution >= 0.6 is 0 Å². The summed E-state index contributed by atoms with van der Waals surface area (Å²) in [7, 11) is -1.79. The molecule has 0 aromatic carbocycles. The van der Waals surface area contributed by atoms with Crippen molar-refractivity contribution in [3.8, 4) is 0 Å². The molecule has 1 saturated heterocycles. The van der Waals surface area contributed by atoms with Crippen LogP contribution in [-0.4, -0.2) is 36.6 Å². The van der Waals surface area contributed by atoms with Gasteiger partial charge in [0.15, 0.2) is 9.84 Å². The minimum absolute atomic E-state index is 0.215. The maximum absolute atomic E-state index is 12.0. The van der Waals surface area contributed by atoms with E-state index in [1.54, 1.807) is 28.9 Å². The number of imidazole rings is 1. The average Bonchev–Trinajstić information content (AvgIpc) is 2.99. The van der Waals surface area contributed by atoms with E-state index >= 15 is 0 Å². The fourth-order valence-electron chi connectivity index (χ4n) is 2.58. The molecule has 1 unspecified atom stereocenters. The number of ether oxygens (including phenoxy) is 1. The summed E-state index contributed by atoms with van der Waals surface area (Å²) in [6, 6.07) is 3.25. The Labute approximate surface area is 116 Å². The zero-order chi connectivity index (χ0) is 14.3. The van der Waals surface area contributed by atoms with Gasteiger partial charge in [-0.3, -0.25) is 0 Å². The second kappa shape index (κ2) is 4.59. The molecule has 0 bridgehead atoms. The molecule has 1 aliphatic rings. The SMILES string of the molecule is COC(=O)c1ccn2c(C3CCCS3(=O)=O)ncc2c1. The quantitative estimate of drug-likeness (QED) is 0.782. The smallest absolute Gasteiger partial charge is 0.337 e. The molecule has 1 atom stereocenters. The third-order valence-corrected chi connectivity index (χ3v) is 5.77. The zero-order valence-electron chi connectivity index (χ0n) is 10.9. The van der Waals surface area contributed by atoms with Gasteiger partial charge in [0.25, 0.3) is 0 Å². The Kier molecular flexibility index (Phi) is 3.01. The van der Waals surface area contributed by atoms with Gasteiger partial charge < -0.3 is 9.14 Å². The molecule has 0 radical (unpaired) electrons. The maximum atomic E-state index is 12.0. The van der Waals surface area contributed by atoms with Crippen LogP contribution in [0, 0.1) is 0 Å². The highest BCUT2D eigenvalue weighted by Crippen LogP contribution is 2.34. The Hall–Kier alpha value is -1.89. The molecule has 7 heteroatoms. The van der Waals surface area contributed by atoms with Crippen LogP contribution in [0.5, 0.6) is 0 Å². The summed E-state index contributed by atoms with van der Waals surface area (Å²) in [4.78, 5) is 15.7. The van der Waals surface area contributed by atoms with Gasteiger partial charge in [-0.05, 0) is 25.0 Å². The van der Waals surface area contributed by atoms with Gasteiger partial charge in [-0.25, -0.2) is 18.2 Å². The molecule has 20 heavy (non-hydrogen) atoms. The van der Waals surface area contributed by atoms with Crippen molar-refractivity contribution in [1.29, 1.82) is 0 Å². The van der Waals surface area contributed by atoms with Gasteiger partial charge in [0, 0.05) is 6.20 Å². The number of fused-ring (bicyclic) bond motifs is 1. The highest BCUT2D eigenvalue weighted by Gasteiger charge is 2.35. The van der Waals surface area contributed by atoms with Gasteiger partial charge in [-0.2, -0.15) is 0 Å². The number of nitrogens with zero attached hydrogens (tertiary/aromatic N) is 2. The van der Waals surface area contributed by atoms with E-state index in [0.29, 0.717) is 29.7 Å². The lowest BCUT2D eigenvalue weighted by Gasteiger charge is -2.08. The van der Waals surface area contributed by atoms with Gasteiger partial charge in [-0.1, -0.05) is 0 Å². The van der Waals surface area contributed by atoms with E-state index < -0.39 is 21.1 Å². The van der Waals surface area contributed by atoms with Crippen LogP contribution < -0.4 is 0 Å². The topological polar surface area (TPSA) is 77.7 Å². The van der Waals surface area contributed by atoms with Crippen LogP contribution in [-0.2, 0) is 14.6 Å². The lowest BCUT2D eigenvalue weighted by molar-refractivity contribution is 0.0600. The van der Waals surface area contributed by atoms with E-state index in [1.807, 2.05) is 0 Å². The number of aromatic nitrogens is 2. The molecule has 3 heterocycles. The first-order chi connectivity index (χ1) is 9.53. The number of carbonyl (C=O) groups excluding carboxylic acids is 1. The zero-order valence-corrected chi connectivity index (χ0v) is 11.8. The van der Waals surface area contributed by atoms with Crippen molar-refractivity contribution in [2.75, 3.05) is 12.9 Å². The largest absolute Gasteiger partial charge is 0.465 e. The fourth-order valence-corrected chi connectivity index (χ4v) is 4.46. The summed E-state index contributed by atoms with van der Waals surface area (Å²) in [5.74, 6) is 0.310. The molecule has 106 valence electrons. The Morgan fingerprint density at radius 1 is 1.50 bits per heavy atom. The summed E-state index contributed by atoms with van der Waals surface area (Å²) in [5.41, 5.74) is 1.10. The van der Waals surface area contributed by atoms with Crippen molar-refractivity contribution >= 4 is 21.3 Å². The number of carbonyl (C=O) groups is 1. The van der Waals surface area contributed by atoms with Crippen LogP contribution in [0.15, 0.2) is 24.5 Å². The highest BCUT2D eigenvalue weighted by molar-refractivity contribution is 7.91. The van der Waals surface area contributed by atoms with Gasteiger partial charge >= 0.3 is 5.97 Å². The van der Waals surface area contributed by atoms with Crippen molar-refractivity contribution in [3.63, 3.8) is 0 Å². The number of sulfone groups is 1. The molecule has 6 nitrogen and oxygen atoms in total. The molecule has 1 fully saturated rings. The molecule has 2 aromatic heterocycles. The Morgan fingerprint density at radius 3 is 2.95 bits per heavy atom. The second-order valence-corrected chi connectivity index (χ2v) is 7.12. The van der Waals surface area contributed by atoms with Crippen LogP contribution in [0.1, 0.15) is 34.3 Å². The third kappa shape index (κ3) is 1.98. The molecule has 2 aromatic rings. The van der Waals surface area contributed by atoms with Crippen molar-refractivity contribution in [2.24, 2.45) is 0 Å². The van der Waals surface area contributed by atoms with Crippen molar-refractivity contribution < 1.29 is 17.9 Å². The van der Waals surface area contributed by atoms with Gasteiger partial charge in [0.2, 0.25) is 0 Å². The predicted octanol–water partition coefficient (Wildman–Crippen LogP) is 1.37. The molecule has 1 aliphatic heterocycles. The number of rotatable bonds is 2. The summed E-state index contributed by atoms with van der Waals surface area (Å²) >= 11 is 0.